The number of hydrogen-bond acceptors (Lipinski definition) is 2. The molecule has 1 aromatic carbocycles. The first kappa shape index (κ1) is 10.9. The van der Waals surface area contributed by atoms with Crippen LogP contribution in [0.1, 0.15) is 0 Å². The van der Waals surface area contributed by atoms with E-state index < -0.39 is 0 Å². The van der Waals surface area contributed by atoms with Gasteiger partial charge in [0.2, 0.25) is 5.91 Å². The summed E-state index contributed by atoms with van der Waals surface area (Å²) in [6.45, 7) is 4.55. The van der Waals surface area contributed by atoms with Crippen molar-refractivity contribution in [3.05, 3.63) is 43.0 Å². The molecule has 1 saturated heterocycles. The van der Waals surface area contributed by atoms with Crippen molar-refractivity contribution in [1.82, 2.24) is 4.90 Å². The van der Waals surface area contributed by atoms with E-state index in [1.54, 1.807) is 0 Å². The fraction of sp³-hybridized carbons (Fsp3) is 0.308. The highest BCUT2D eigenvalue weighted by molar-refractivity contribution is 5.94. The molecule has 84 valence electrons. The summed E-state index contributed by atoms with van der Waals surface area (Å²) < 4.78 is 0. The van der Waals surface area contributed by atoms with E-state index in [9.17, 15) is 4.79 Å². The molecule has 3 heteroatoms. The fourth-order valence-corrected chi connectivity index (χ4v) is 2.05. The molecule has 1 N–H and O–H groups in total. The standard InChI is InChI=1S/C13H16N2O/c1-3-12-11(9-15(12)2)13(16)14-10-7-5-4-6-8-10/h3-8,11-12H,1,9H2,2H3,(H,14,16)/t11-,12-/m0/s1. The first-order valence-corrected chi connectivity index (χ1v) is 5.41. The van der Waals surface area contributed by atoms with Gasteiger partial charge in [-0.25, -0.2) is 0 Å². The monoisotopic (exact) mass is 216 g/mol. The Balaban J connectivity index is 1.97. The zero-order valence-corrected chi connectivity index (χ0v) is 9.39. The maximum absolute atomic E-state index is 11.9. The average Bonchev–Trinajstić information content (AvgIpc) is 2.27. The second-order valence-corrected chi connectivity index (χ2v) is 4.13. The summed E-state index contributed by atoms with van der Waals surface area (Å²) in [6.07, 6.45) is 1.83. The number of amides is 1. The van der Waals surface area contributed by atoms with Crippen LogP contribution < -0.4 is 5.32 Å². The van der Waals surface area contributed by atoms with Crippen LogP contribution in [0.5, 0.6) is 0 Å². The molecule has 0 unspecified atom stereocenters. The van der Waals surface area contributed by atoms with Crippen molar-refractivity contribution in [2.24, 2.45) is 5.92 Å². The first-order chi connectivity index (χ1) is 7.72. The molecule has 1 amide bonds. The average molecular weight is 216 g/mol. The molecule has 16 heavy (non-hydrogen) atoms. The van der Waals surface area contributed by atoms with Gasteiger partial charge >= 0.3 is 0 Å². The Hall–Kier alpha value is -1.61. The Morgan fingerprint density at radius 1 is 1.50 bits per heavy atom. The second-order valence-electron chi connectivity index (χ2n) is 4.13. The van der Waals surface area contributed by atoms with E-state index in [2.05, 4.69) is 16.8 Å². The molecule has 0 saturated carbocycles. The quantitative estimate of drug-likeness (QED) is 0.781. The van der Waals surface area contributed by atoms with Crippen LogP contribution >= 0.6 is 0 Å². The predicted octanol–water partition coefficient (Wildman–Crippen LogP) is 1.74. The molecule has 1 heterocycles. The van der Waals surface area contributed by atoms with Gasteiger partial charge in [-0.1, -0.05) is 24.3 Å². The zero-order valence-electron chi connectivity index (χ0n) is 9.39. The van der Waals surface area contributed by atoms with Crippen molar-refractivity contribution >= 4 is 11.6 Å². The number of rotatable bonds is 3. The normalized spacial score (nSPS) is 24.6. The van der Waals surface area contributed by atoms with Gasteiger partial charge in [0.25, 0.3) is 0 Å². The highest BCUT2D eigenvalue weighted by atomic mass is 16.2. The van der Waals surface area contributed by atoms with Crippen LogP contribution in [0.2, 0.25) is 0 Å². The predicted molar refractivity (Wildman–Crippen MR) is 65.2 cm³/mol. The van der Waals surface area contributed by atoms with E-state index >= 15 is 0 Å². The highest BCUT2D eigenvalue weighted by Gasteiger charge is 2.39. The molecule has 0 aromatic heterocycles. The molecule has 0 aliphatic carbocycles. The number of likely N-dealkylation sites (tertiary alicyclic amines) is 1. The van der Waals surface area contributed by atoms with Crippen molar-refractivity contribution in [2.75, 3.05) is 18.9 Å². The zero-order chi connectivity index (χ0) is 11.5. The van der Waals surface area contributed by atoms with E-state index in [0.29, 0.717) is 0 Å². The number of anilines is 1. The number of nitrogens with one attached hydrogen (secondary N) is 1. The number of para-hydroxylation sites is 1. The van der Waals surface area contributed by atoms with E-state index in [1.165, 1.54) is 0 Å². The van der Waals surface area contributed by atoms with Crippen LogP contribution in [0.3, 0.4) is 0 Å². The lowest BCUT2D eigenvalue weighted by Crippen LogP contribution is -2.57. The van der Waals surface area contributed by atoms with Crippen LogP contribution in [0.15, 0.2) is 43.0 Å². The smallest absolute Gasteiger partial charge is 0.230 e. The molecule has 0 radical (unpaired) electrons. The molecule has 1 aromatic rings. The molecule has 1 aliphatic rings. The Kier molecular flexibility index (Phi) is 3.06. The van der Waals surface area contributed by atoms with Gasteiger partial charge in [0, 0.05) is 18.3 Å². The van der Waals surface area contributed by atoms with Gasteiger partial charge in [0.05, 0.1) is 5.92 Å². The SMILES string of the molecule is C=C[C@H]1[C@@H](C(=O)Nc2ccccc2)CN1C. The molecular formula is C13H16N2O. The number of likely N-dealkylation sites (N-methyl/N-ethyl adjacent to an activating group) is 1. The molecule has 3 nitrogen and oxygen atoms in total. The minimum atomic E-state index is 0.0303. The maximum Gasteiger partial charge on any atom is 0.230 e. The van der Waals surface area contributed by atoms with Crippen molar-refractivity contribution < 1.29 is 4.79 Å². The third-order valence-electron chi connectivity index (χ3n) is 3.03. The van der Waals surface area contributed by atoms with Crippen molar-refractivity contribution in [2.45, 2.75) is 6.04 Å². The topological polar surface area (TPSA) is 32.3 Å². The van der Waals surface area contributed by atoms with E-state index in [1.807, 2.05) is 43.5 Å². The third kappa shape index (κ3) is 1.99. The van der Waals surface area contributed by atoms with Gasteiger partial charge in [0.1, 0.15) is 0 Å². The van der Waals surface area contributed by atoms with Crippen LogP contribution in [0.25, 0.3) is 0 Å². The summed E-state index contributed by atoms with van der Waals surface area (Å²) >= 11 is 0. The van der Waals surface area contributed by atoms with E-state index in [4.69, 9.17) is 0 Å². The van der Waals surface area contributed by atoms with Gasteiger partial charge in [-0.05, 0) is 19.2 Å². The summed E-state index contributed by atoms with van der Waals surface area (Å²) in [5.41, 5.74) is 0.852. The first-order valence-electron chi connectivity index (χ1n) is 5.41. The van der Waals surface area contributed by atoms with Crippen molar-refractivity contribution in [3.8, 4) is 0 Å². The number of hydrogen-bond donors (Lipinski definition) is 1. The van der Waals surface area contributed by atoms with E-state index in [0.717, 1.165) is 12.2 Å². The number of nitrogens with zero attached hydrogens (tertiary/aromatic N) is 1. The van der Waals surface area contributed by atoms with Crippen LogP contribution in [0.4, 0.5) is 5.69 Å². The van der Waals surface area contributed by atoms with Crippen LogP contribution in [0, 0.1) is 5.92 Å². The number of carbonyl (C=O) groups is 1. The third-order valence-corrected chi connectivity index (χ3v) is 3.03. The molecule has 0 spiro atoms. The van der Waals surface area contributed by atoms with Gasteiger partial charge < -0.3 is 5.32 Å². The molecule has 0 bridgehead atoms. The second kappa shape index (κ2) is 4.49. The molecule has 2 atom stereocenters. The lowest BCUT2D eigenvalue weighted by Gasteiger charge is -2.43. The minimum Gasteiger partial charge on any atom is -0.326 e. The van der Waals surface area contributed by atoms with Crippen molar-refractivity contribution in [3.63, 3.8) is 0 Å². The largest absolute Gasteiger partial charge is 0.326 e. The lowest BCUT2D eigenvalue weighted by molar-refractivity contribution is -0.126. The summed E-state index contributed by atoms with van der Waals surface area (Å²) in [5.74, 6) is 0.108. The van der Waals surface area contributed by atoms with Crippen molar-refractivity contribution in [1.29, 1.82) is 0 Å². The maximum atomic E-state index is 11.9. The molecule has 2 rings (SSSR count). The van der Waals surface area contributed by atoms with Crippen LogP contribution in [-0.2, 0) is 4.79 Å². The number of benzene rings is 1. The highest BCUT2D eigenvalue weighted by Crippen LogP contribution is 2.25. The van der Waals surface area contributed by atoms with E-state index in [-0.39, 0.29) is 17.9 Å². The summed E-state index contributed by atoms with van der Waals surface area (Å²) in [5, 5.41) is 2.92. The fourth-order valence-electron chi connectivity index (χ4n) is 2.05. The lowest BCUT2D eigenvalue weighted by atomic mass is 9.88. The Labute approximate surface area is 95.8 Å². The summed E-state index contributed by atoms with van der Waals surface area (Å²) in [4.78, 5) is 14.0. The Morgan fingerprint density at radius 3 is 2.75 bits per heavy atom. The Bertz CT molecular complexity index is 388. The van der Waals surface area contributed by atoms with Gasteiger partial charge in [-0.15, -0.1) is 6.58 Å². The summed E-state index contributed by atoms with van der Waals surface area (Å²) in [6, 6.07) is 9.70. The minimum absolute atomic E-state index is 0.0303. The molecule has 1 aliphatic heterocycles. The van der Waals surface area contributed by atoms with Gasteiger partial charge in [-0.2, -0.15) is 0 Å². The number of carbonyl (C=O) groups excluding carboxylic acids is 1. The molecular weight excluding hydrogens is 200 g/mol. The Morgan fingerprint density at radius 2 is 2.19 bits per heavy atom. The van der Waals surface area contributed by atoms with Crippen LogP contribution in [-0.4, -0.2) is 30.4 Å². The van der Waals surface area contributed by atoms with Gasteiger partial charge in [-0.3, -0.25) is 9.69 Å². The summed E-state index contributed by atoms with van der Waals surface area (Å²) in [7, 11) is 2.00. The van der Waals surface area contributed by atoms with Gasteiger partial charge in [0.15, 0.2) is 0 Å². The molecule has 1 fully saturated rings.